The van der Waals surface area contributed by atoms with E-state index in [1.807, 2.05) is 0 Å². The van der Waals surface area contributed by atoms with E-state index in [-0.39, 0.29) is 28.3 Å². The average Bonchev–Trinajstić information content (AvgIpc) is 3.06. The van der Waals surface area contributed by atoms with Crippen molar-refractivity contribution in [2.75, 3.05) is 13.1 Å². The molecular formula is C24H22Cl2F4N2O. The molecule has 0 bridgehead atoms. The Labute approximate surface area is 198 Å². The van der Waals surface area contributed by atoms with Gasteiger partial charge in [-0.05, 0) is 54.7 Å². The average molecular weight is 501 g/mol. The van der Waals surface area contributed by atoms with Crippen molar-refractivity contribution in [3.8, 4) is 0 Å². The lowest BCUT2D eigenvalue weighted by atomic mass is 9.98. The number of piperidine rings is 1. The Bertz CT molecular complexity index is 1240. The van der Waals surface area contributed by atoms with Crippen LogP contribution < -0.4 is 0 Å². The fourth-order valence-corrected chi connectivity index (χ4v) is 5.01. The molecule has 2 aromatic carbocycles. The van der Waals surface area contributed by atoms with Crippen molar-refractivity contribution in [2.24, 2.45) is 13.0 Å². The first-order chi connectivity index (χ1) is 15.5. The summed E-state index contributed by atoms with van der Waals surface area (Å²) in [7, 11) is 1.56. The number of halogens is 6. The van der Waals surface area contributed by atoms with Gasteiger partial charge in [0, 0.05) is 42.7 Å². The van der Waals surface area contributed by atoms with Gasteiger partial charge in [0.25, 0.3) is 5.91 Å². The maximum Gasteiger partial charge on any atom is 0.416 e. The molecule has 3 aromatic rings. The molecule has 0 N–H and O–H groups in total. The molecule has 176 valence electrons. The highest BCUT2D eigenvalue weighted by atomic mass is 35.5. The highest BCUT2D eigenvalue weighted by molar-refractivity contribution is 6.38. The molecule has 1 aliphatic rings. The number of aromatic nitrogens is 1. The number of likely N-dealkylation sites (tertiary alicyclic amines) is 1. The first kappa shape index (κ1) is 23.9. The molecule has 0 aliphatic carbocycles. The van der Waals surface area contributed by atoms with Crippen molar-refractivity contribution in [2.45, 2.75) is 32.4 Å². The van der Waals surface area contributed by atoms with E-state index in [0.29, 0.717) is 46.9 Å². The van der Waals surface area contributed by atoms with Gasteiger partial charge in [-0.15, -0.1) is 0 Å². The van der Waals surface area contributed by atoms with Crippen molar-refractivity contribution < 1.29 is 22.4 Å². The van der Waals surface area contributed by atoms with Gasteiger partial charge in [-0.2, -0.15) is 13.2 Å². The Kier molecular flexibility index (Phi) is 6.40. The molecule has 33 heavy (non-hydrogen) atoms. The number of benzene rings is 2. The summed E-state index contributed by atoms with van der Waals surface area (Å²) in [5.41, 5.74) is 0.369. The molecule has 9 heteroatoms. The number of fused-ring (bicyclic) bond motifs is 1. The van der Waals surface area contributed by atoms with Gasteiger partial charge in [-0.25, -0.2) is 4.39 Å². The van der Waals surface area contributed by atoms with Crippen LogP contribution in [0.15, 0.2) is 30.3 Å². The van der Waals surface area contributed by atoms with Gasteiger partial charge >= 0.3 is 6.18 Å². The van der Waals surface area contributed by atoms with Gasteiger partial charge < -0.3 is 9.47 Å². The first-order valence-electron chi connectivity index (χ1n) is 10.6. The molecule has 1 aromatic heterocycles. The summed E-state index contributed by atoms with van der Waals surface area (Å²) in [6.45, 7) is 3.40. The normalized spacial score (nSPS) is 17.1. The molecule has 1 amide bonds. The lowest BCUT2D eigenvalue weighted by Crippen LogP contribution is -2.39. The zero-order chi connectivity index (χ0) is 24.1. The van der Waals surface area contributed by atoms with Gasteiger partial charge in [0.05, 0.1) is 21.7 Å². The van der Waals surface area contributed by atoms with Crippen LogP contribution in [0.1, 0.15) is 46.9 Å². The molecule has 1 atom stereocenters. The topological polar surface area (TPSA) is 25.2 Å². The van der Waals surface area contributed by atoms with Gasteiger partial charge in [-0.3, -0.25) is 4.79 Å². The van der Waals surface area contributed by atoms with E-state index >= 15 is 0 Å². The van der Waals surface area contributed by atoms with Gasteiger partial charge in [0.15, 0.2) is 0 Å². The molecule has 3 nitrogen and oxygen atoms in total. The Morgan fingerprint density at radius 2 is 1.91 bits per heavy atom. The smallest absolute Gasteiger partial charge is 0.347 e. The molecule has 0 saturated carbocycles. The van der Waals surface area contributed by atoms with E-state index in [2.05, 4.69) is 6.92 Å². The summed E-state index contributed by atoms with van der Waals surface area (Å²) in [6, 6.07) is 6.08. The van der Waals surface area contributed by atoms with E-state index in [0.717, 1.165) is 18.9 Å². The number of nitrogens with zero attached hydrogens (tertiary/aromatic N) is 2. The van der Waals surface area contributed by atoms with E-state index in [1.165, 1.54) is 10.6 Å². The maximum atomic E-state index is 14.5. The quantitative estimate of drug-likeness (QED) is 0.352. The number of alkyl halides is 3. The SMILES string of the molecule is C[C@H]1CCCN(C(=O)c2ccc(Cl)c(Cc3cc4c(F)cc(C(F)(F)F)cc4n3C)c2Cl)C1. The minimum absolute atomic E-state index is 0.0716. The Morgan fingerprint density at radius 1 is 1.18 bits per heavy atom. The molecule has 0 spiro atoms. The van der Waals surface area contributed by atoms with Crippen molar-refractivity contribution in [3.05, 3.63) is 68.6 Å². The van der Waals surface area contributed by atoms with Crippen LogP contribution in [0.2, 0.25) is 10.0 Å². The lowest BCUT2D eigenvalue weighted by molar-refractivity contribution is -0.137. The van der Waals surface area contributed by atoms with Crippen LogP contribution >= 0.6 is 23.2 Å². The highest BCUT2D eigenvalue weighted by Gasteiger charge is 2.32. The van der Waals surface area contributed by atoms with Crippen LogP contribution in [0.3, 0.4) is 0 Å². The third-order valence-electron chi connectivity index (χ3n) is 6.26. The van der Waals surface area contributed by atoms with Crippen LogP contribution in [0.5, 0.6) is 0 Å². The summed E-state index contributed by atoms with van der Waals surface area (Å²) in [4.78, 5) is 14.9. The predicted octanol–water partition coefficient (Wildman–Crippen LogP) is 7.11. The number of aryl methyl sites for hydroxylation is 1. The second-order valence-electron chi connectivity index (χ2n) is 8.65. The number of hydrogen-bond donors (Lipinski definition) is 0. The third-order valence-corrected chi connectivity index (χ3v) is 7.04. The minimum Gasteiger partial charge on any atom is -0.347 e. The zero-order valence-electron chi connectivity index (χ0n) is 18.1. The van der Waals surface area contributed by atoms with Crippen molar-refractivity contribution in [1.82, 2.24) is 9.47 Å². The third kappa shape index (κ3) is 4.58. The first-order valence-corrected chi connectivity index (χ1v) is 11.3. The summed E-state index contributed by atoms with van der Waals surface area (Å²) in [5.74, 6) is -0.732. The number of hydrogen-bond acceptors (Lipinski definition) is 1. The summed E-state index contributed by atoms with van der Waals surface area (Å²) < 4.78 is 55.4. The Morgan fingerprint density at radius 3 is 2.58 bits per heavy atom. The van der Waals surface area contributed by atoms with Gasteiger partial charge in [-0.1, -0.05) is 30.1 Å². The van der Waals surface area contributed by atoms with E-state index in [4.69, 9.17) is 23.2 Å². The second kappa shape index (κ2) is 8.84. The highest BCUT2D eigenvalue weighted by Crippen LogP contribution is 2.36. The van der Waals surface area contributed by atoms with Crippen LogP contribution in [0.25, 0.3) is 10.9 Å². The fraction of sp³-hybridized carbons (Fsp3) is 0.375. The molecule has 1 fully saturated rings. The standard InChI is InChI=1S/C24H22Cl2F4N2O/c1-13-4-3-7-32(12-13)23(33)16-5-6-19(25)17(22(16)26)10-15-11-18-20(27)8-14(24(28,29)30)9-21(18)31(15)2/h5-6,8-9,11,13H,3-4,7,10,12H2,1-2H3/t13-/m0/s1. The zero-order valence-corrected chi connectivity index (χ0v) is 19.6. The molecule has 1 aliphatic heterocycles. The maximum absolute atomic E-state index is 14.5. The predicted molar refractivity (Wildman–Crippen MR) is 121 cm³/mol. The number of rotatable bonds is 3. The largest absolute Gasteiger partial charge is 0.416 e. The van der Waals surface area contributed by atoms with Gasteiger partial charge in [0.2, 0.25) is 0 Å². The summed E-state index contributed by atoms with van der Waals surface area (Å²) >= 11 is 13.0. The van der Waals surface area contributed by atoms with Crippen LogP contribution in [0.4, 0.5) is 17.6 Å². The van der Waals surface area contributed by atoms with Gasteiger partial charge in [0.1, 0.15) is 5.82 Å². The van der Waals surface area contributed by atoms with E-state index in [9.17, 15) is 22.4 Å². The minimum atomic E-state index is -4.66. The molecule has 2 heterocycles. The molecule has 4 rings (SSSR count). The van der Waals surface area contributed by atoms with Crippen molar-refractivity contribution in [1.29, 1.82) is 0 Å². The number of carbonyl (C=O) groups excluding carboxylic acids is 1. The number of amides is 1. The Hall–Kier alpha value is -2.25. The molecular weight excluding hydrogens is 479 g/mol. The summed E-state index contributed by atoms with van der Waals surface area (Å²) in [5, 5.41) is 0.597. The van der Waals surface area contributed by atoms with E-state index in [1.54, 1.807) is 24.1 Å². The fourth-order valence-electron chi connectivity index (χ4n) is 4.43. The molecule has 0 radical (unpaired) electrons. The molecule has 0 unspecified atom stereocenters. The summed E-state index contributed by atoms with van der Waals surface area (Å²) in [6.07, 6.45) is -2.54. The van der Waals surface area contributed by atoms with Crippen LogP contribution in [-0.4, -0.2) is 28.5 Å². The van der Waals surface area contributed by atoms with Crippen LogP contribution in [-0.2, 0) is 19.6 Å². The monoisotopic (exact) mass is 500 g/mol. The van der Waals surface area contributed by atoms with Crippen molar-refractivity contribution >= 4 is 40.0 Å². The van der Waals surface area contributed by atoms with Crippen LogP contribution in [0, 0.1) is 11.7 Å². The second-order valence-corrected chi connectivity index (χ2v) is 9.43. The Balaban J connectivity index is 1.72. The number of carbonyl (C=O) groups is 1. The molecule has 1 saturated heterocycles. The van der Waals surface area contributed by atoms with E-state index < -0.39 is 17.6 Å². The lowest BCUT2D eigenvalue weighted by Gasteiger charge is -2.31. The van der Waals surface area contributed by atoms with Crippen molar-refractivity contribution in [3.63, 3.8) is 0 Å².